The summed E-state index contributed by atoms with van der Waals surface area (Å²) in [5.41, 5.74) is 3.75. The maximum Gasteiger partial charge on any atom is 0.262 e. The Labute approximate surface area is 190 Å². The molecule has 30 heavy (non-hydrogen) atoms. The fraction of sp³-hybridized carbons (Fsp3) is 0.318. The SMILES string of the molecule is CCOc1c(I)cc(/C=N/NC(=O)C(NC(=O)c2ccccc2)C(C)C)cc1OC. The van der Waals surface area contributed by atoms with Crippen LogP contribution in [0.4, 0.5) is 0 Å². The highest BCUT2D eigenvalue weighted by atomic mass is 127. The van der Waals surface area contributed by atoms with Crippen molar-refractivity contribution < 1.29 is 19.1 Å². The molecule has 0 aliphatic carbocycles. The van der Waals surface area contributed by atoms with Gasteiger partial charge >= 0.3 is 0 Å². The molecule has 0 radical (unpaired) electrons. The number of nitrogens with zero attached hydrogens (tertiary/aromatic N) is 1. The van der Waals surface area contributed by atoms with Gasteiger partial charge in [0.15, 0.2) is 11.5 Å². The summed E-state index contributed by atoms with van der Waals surface area (Å²) in [5, 5.41) is 6.81. The van der Waals surface area contributed by atoms with Crippen molar-refractivity contribution in [1.82, 2.24) is 10.7 Å². The van der Waals surface area contributed by atoms with Crippen molar-refractivity contribution >= 4 is 40.6 Å². The van der Waals surface area contributed by atoms with Gasteiger partial charge < -0.3 is 14.8 Å². The standard InChI is InChI=1S/C22H26IN3O4/c1-5-30-20-17(23)11-15(12-18(20)29-4)13-24-26-22(28)19(14(2)3)25-21(27)16-9-7-6-8-10-16/h6-14,19H,5H2,1-4H3,(H,25,27)(H,26,28)/b24-13+. The van der Waals surface area contributed by atoms with E-state index in [-0.39, 0.29) is 11.8 Å². The normalized spacial score (nSPS) is 11.9. The predicted molar refractivity (Wildman–Crippen MR) is 125 cm³/mol. The average Bonchev–Trinajstić information content (AvgIpc) is 2.73. The molecule has 0 aliphatic rings. The highest BCUT2D eigenvalue weighted by Gasteiger charge is 2.24. The van der Waals surface area contributed by atoms with Gasteiger partial charge in [0.25, 0.3) is 11.8 Å². The minimum atomic E-state index is -0.718. The molecule has 2 amide bonds. The number of methoxy groups -OCH3 is 1. The molecule has 1 atom stereocenters. The number of carbonyl (C=O) groups is 2. The third-order valence-electron chi connectivity index (χ3n) is 4.20. The lowest BCUT2D eigenvalue weighted by Gasteiger charge is -2.20. The Bertz CT molecular complexity index is 901. The number of hydrazone groups is 1. The van der Waals surface area contributed by atoms with E-state index < -0.39 is 11.9 Å². The average molecular weight is 523 g/mol. The number of halogens is 1. The highest BCUT2D eigenvalue weighted by molar-refractivity contribution is 14.1. The number of benzene rings is 2. The van der Waals surface area contributed by atoms with Gasteiger partial charge in [0.2, 0.25) is 0 Å². The first-order chi connectivity index (χ1) is 14.4. The summed E-state index contributed by atoms with van der Waals surface area (Å²) in [6, 6.07) is 11.7. The van der Waals surface area contributed by atoms with Gasteiger partial charge in [-0.15, -0.1) is 0 Å². The lowest BCUT2D eigenvalue weighted by atomic mass is 10.0. The van der Waals surface area contributed by atoms with Crippen LogP contribution in [0.2, 0.25) is 0 Å². The van der Waals surface area contributed by atoms with E-state index in [0.29, 0.717) is 23.7 Å². The lowest BCUT2D eigenvalue weighted by Crippen LogP contribution is -2.48. The third kappa shape index (κ3) is 6.45. The molecule has 2 rings (SSSR count). The quantitative estimate of drug-likeness (QED) is 0.299. The molecule has 0 heterocycles. The summed E-state index contributed by atoms with van der Waals surface area (Å²) in [5.74, 6) is 0.453. The maximum atomic E-state index is 12.6. The smallest absolute Gasteiger partial charge is 0.262 e. The van der Waals surface area contributed by atoms with E-state index in [1.165, 1.54) is 6.21 Å². The molecule has 2 aromatic rings. The number of amides is 2. The van der Waals surface area contributed by atoms with Crippen molar-refractivity contribution in [2.24, 2.45) is 11.0 Å². The Balaban J connectivity index is 2.07. The van der Waals surface area contributed by atoms with Gasteiger partial charge in [0.05, 0.1) is 23.5 Å². The molecule has 0 fully saturated rings. The monoisotopic (exact) mass is 523 g/mol. The van der Waals surface area contributed by atoms with E-state index in [0.717, 1.165) is 9.13 Å². The summed E-state index contributed by atoms with van der Waals surface area (Å²) in [6.45, 7) is 6.15. The number of hydrogen-bond donors (Lipinski definition) is 2. The molecular weight excluding hydrogens is 497 g/mol. The van der Waals surface area contributed by atoms with Gasteiger partial charge in [0.1, 0.15) is 6.04 Å². The highest BCUT2D eigenvalue weighted by Crippen LogP contribution is 2.33. The molecule has 0 saturated heterocycles. The number of ether oxygens (including phenoxy) is 2. The fourth-order valence-electron chi connectivity index (χ4n) is 2.69. The second-order valence-corrected chi connectivity index (χ2v) is 7.92. The van der Waals surface area contributed by atoms with Crippen LogP contribution in [-0.2, 0) is 4.79 Å². The largest absolute Gasteiger partial charge is 0.493 e. The first kappa shape index (κ1) is 23.7. The summed E-state index contributed by atoms with van der Waals surface area (Å²) in [4.78, 5) is 25.0. The molecule has 0 aromatic heterocycles. The van der Waals surface area contributed by atoms with Gasteiger partial charge in [-0.05, 0) is 65.3 Å². The zero-order valence-electron chi connectivity index (χ0n) is 17.4. The zero-order valence-corrected chi connectivity index (χ0v) is 19.6. The first-order valence-electron chi connectivity index (χ1n) is 9.56. The van der Waals surface area contributed by atoms with Crippen LogP contribution in [0.25, 0.3) is 0 Å². The predicted octanol–water partition coefficient (Wildman–Crippen LogP) is 3.60. The molecule has 8 heteroatoms. The Hall–Kier alpha value is -2.62. The zero-order chi connectivity index (χ0) is 22.1. The molecule has 2 N–H and O–H groups in total. The first-order valence-corrected chi connectivity index (χ1v) is 10.6. The van der Waals surface area contributed by atoms with Crippen molar-refractivity contribution in [3.8, 4) is 11.5 Å². The van der Waals surface area contributed by atoms with Gasteiger partial charge in [-0.3, -0.25) is 9.59 Å². The van der Waals surface area contributed by atoms with Crippen LogP contribution in [-0.4, -0.2) is 37.8 Å². The second-order valence-electron chi connectivity index (χ2n) is 6.76. The summed E-state index contributed by atoms with van der Waals surface area (Å²) in [6.07, 6.45) is 1.52. The van der Waals surface area contributed by atoms with Crippen molar-refractivity contribution in [2.45, 2.75) is 26.8 Å². The van der Waals surface area contributed by atoms with Gasteiger partial charge in [0, 0.05) is 5.56 Å². The van der Waals surface area contributed by atoms with Crippen LogP contribution in [0.1, 0.15) is 36.7 Å². The molecule has 0 aliphatic heterocycles. The van der Waals surface area contributed by atoms with Crippen molar-refractivity contribution in [1.29, 1.82) is 0 Å². The maximum absolute atomic E-state index is 12.6. The minimum Gasteiger partial charge on any atom is -0.493 e. The Morgan fingerprint density at radius 3 is 2.50 bits per heavy atom. The lowest BCUT2D eigenvalue weighted by molar-refractivity contribution is -0.123. The Morgan fingerprint density at radius 1 is 1.20 bits per heavy atom. The van der Waals surface area contributed by atoms with Gasteiger partial charge in [-0.25, -0.2) is 5.43 Å². The molecule has 1 unspecified atom stereocenters. The summed E-state index contributed by atoms with van der Waals surface area (Å²) >= 11 is 2.16. The van der Waals surface area contributed by atoms with E-state index >= 15 is 0 Å². The van der Waals surface area contributed by atoms with Crippen LogP contribution >= 0.6 is 22.6 Å². The Morgan fingerprint density at radius 2 is 1.90 bits per heavy atom. The second kappa shape index (κ2) is 11.5. The van der Waals surface area contributed by atoms with Crippen molar-refractivity contribution in [2.75, 3.05) is 13.7 Å². The third-order valence-corrected chi connectivity index (χ3v) is 5.00. The topological polar surface area (TPSA) is 89.0 Å². The minimum absolute atomic E-state index is 0.112. The van der Waals surface area contributed by atoms with Crippen LogP contribution in [0.15, 0.2) is 47.6 Å². The van der Waals surface area contributed by atoms with Crippen molar-refractivity contribution in [3.63, 3.8) is 0 Å². The van der Waals surface area contributed by atoms with Gasteiger partial charge in [-0.2, -0.15) is 5.10 Å². The molecule has 7 nitrogen and oxygen atoms in total. The van der Waals surface area contributed by atoms with Crippen LogP contribution in [0.5, 0.6) is 11.5 Å². The number of rotatable bonds is 9. The summed E-state index contributed by atoms with van der Waals surface area (Å²) in [7, 11) is 1.57. The summed E-state index contributed by atoms with van der Waals surface area (Å²) < 4.78 is 11.8. The van der Waals surface area contributed by atoms with Gasteiger partial charge in [-0.1, -0.05) is 32.0 Å². The molecule has 0 spiro atoms. The van der Waals surface area contributed by atoms with E-state index in [9.17, 15) is 9.59 Å². The molecule has 160 valence electrons. The van der Waals surface area contributed by atoms with Crippen LogP contribution < -0.4 is 20.2 Å². The van der Waals surface area contributed by atoms with Crippen LogP contribution in [0, 0.1) is 9.49 Å². The van der Waals surface area contributed by atoms with E-state index in [1.54, 1.807) is 37.4 Å². The number of hydrogen-bond acceptors (Lipinski definition) is 5. The van der Waals surface area contributed by atoms with E-state index in [2.05, 4.69) is 38.4 Å². The van der Waals surface area contributed by atoms with E-state index in [1.807, 2.05) is 32.9 Å². The number of nitrogens with one attached hydrogen (secondary N) is 2. The fourth-order valence-corrected chi connectivity index (χ4v) is 3.47. The Kier molecular flexibility index (Phi) is 9.10. The van der Waals surface area contributed by atoms with Crippen molar-refractivity contribution in [3.05, 3.63) is 57.2 Å². The molecular formula is C22H26IN3O4. The van der Waals surface area contributed by atoms with E-state index in [4.69, 9.17) is 9.47 Å². The molecule has 0 saturated carbocycles. The number of carbonyl (C=O) groups excluding carboxylic acids is 2. The molecule has 0 bridgehead atoms. The van der Waals surface area contributed by atoms with Crippen LogP contribution in [0.3, 0.4) is 0 Å². The molecule has 2 aromatic carbocycles.